The molecule has 3 heteroatoms. The van der Waals surface area contributed by atoms with E-state index in [0.717, 1.165) is 32.0 Å². The first-order chi connectivity index (χ1) is 8.66. The maximum atomic E-state index is 12.4. The van der Waals surface area contributed by atoms with Crippen LogP contribution in [-0.4, -0.2) is 37.5 Å². The van der Waals surface area contributed by atoms with Crippen LogP contribution in [0.15, 0.2) is 0 Å². The van der Waals surface area contributed by atoms with Crippen molar-refractivity contribution < 1.29 is 4.79 Å². The fourth-order valence-electron chi connectivity index (χ4n) is 3.50. The Bertz CT molecular complexity index is 274. The molecule has 3 nitrogen and oxygen atoms in total. The maximum absolute atomic E-state index is 12.4. The van der Waals surface area contributed by atoms with E-state index in [1.807, 2.05) is 11.9 Å². The topological polar surface area (TPSA) is 32.3 Å². The van der Waals surface area contributed by atoms with Crippen LogP contribution in [0.2, 0.25) is 0 Å². The van der Waals surface area contributed by atoms with E-state index >= 15 is 0 Å². The van der Waals surface area contributed by atoms with Crippen molar-refractivity contribution in [2.75, 3.05) is 26.7 Å². The number of nitrogens with zero attached hydrogens (tertiary/aromatic N) is 1. The second kappa shape index (κ2) is 6.55. The van der Waals surface area contributed by atoms with Gasteiger partial charge in [0, 0.05) is 20.1 Å². The molecule has 1 aliphatic carbocycles. The fraction of sp³-hybridized carbons (Fsp3) is 0.933. The van der Waals surface area contributed by atoms with Gasteiger partial charge in [-0.3, -0.25) is 4.79 Å². The number of carbonyl (C=O) groups is 1. The first kappa shape index (κ1) is 13.9. The van der Waals surface area contributed by atoms with Crippen LogP contribution in [0, 0.1) is 17.8 Å². The minimum Gasteiger partial charge on any atom is -0.345 e. The number of piperidine rings is 1. The monoisotopic (exact) mass is 252 g/mol. The van der Waals surface area contributed by atoms with Crippen LogP contribution in [0.25, 0.3) is 0 Å². The summed E-state index contributed by atoms with van der Waals surface area (Å²) in [5.74, 6) is 1.96. The molecular formula is C15H28N2O. The Kier molecular flexibility index (Phi) is 5.04. The van der Waals surface area contributed by atoms with Crippen LogP contribution in [0.5, 0.6) is 0 Å². The second-order valence-corrected chi connectivity index (χ2v) is 6.42. The summed E-state index contributed by atoms with van der Waals surface area (Å²) >= 11 is 0. The van der Waals surface area contributed by atoms with Crippen molar-refractivity contribution in [3.63, 3.8) is 0 Å². The largest absolute Gasteiger partial charge is 0.345 e. The molecule has 1 heterocycles. The average Bonchev–Trinajstić information content (AvgIpc) is 2.39. The molecule has 2 rings (SSSR count). The van der Waals surface area contributed by atoms with Gasteiger partial charge in [-0.05, 0) is 37.6 Å². The number of nitrogens with one attached hydrogen (secondary N) is 1. The molecule has 1 saturated heterocycles. The predicted molar refractivity (Wildman–Crippen MR) is 74.4 cm³/mol. The number of hydrogen-bond donors (Lipinski definition) is 1. The molecule has 0 radical (unpaired) electrons. The molecule has 0 aromatic rings. The van der Waals surface area contributed by atoms with Gasteiger partial charge in [0.05, 0.1) is 5.92 Å². The zero-order valence-corrected chi connectivity index (χ0v) is 12.0. The van der Waals surface area contributed by atoms with E-state index in [0.29, 0.717) is 11.8 Å². The summed E-state index contributed by atoms with van der Waals surface area (Å²) < 4.78 is 0. The molecule has 104 valence electrons. The van der Waals surface area contributed by atoms with Crippen molar-refractivity contribution in [1.29, 1.82) is 0 Å². The van der Waals surface area contributed by atoms with Crippen LogP contribution < -0.4 is 5.32 Å². The number of carbonyl (C=O) groups excluding carboxylic acids is 1. The molecule has 0 aromatic carbocycles. The lowest BCUT2D eigenvalue weighted by atomic mass is 9.88. The van der Waals surface area contributed by atoms with Gasteiger partial charge in [0.15, 0.2) is 0 Å². The van der Waals surface area contributed by atoms with Gasteiger partial charge in [-0.1, -0.05) is 26.2 Å². The van der Waals surface area contributed by atoms with Gasteiger partial charge in [0.1, 0.15) is 0 Å². The maximum Gasteiger partial charge on any atom is 0.226 e. The molecule has 18 heavy (non-hydrogen) atoms. The number of amides is 1. The molecule has 2 atom stereocenters. The van der Waals surface area contributed by atoms with Gasteiger partial charge in [-0.25, -0.2) is 0 Å². The quantitative estimate of drug-likeness (QED) is 0.835. The van der Waals surface area contributed by atoms with Crippen molar-refractivity contribution in [3.05, 3.63) is 0 Å². The fourth-order valence-corrected chi connectivity index (χ4v) is 3.50. The number of rotatable bonds is 3. The standard InChI is InChI=1S/C15H28N2O/c1-12-8-14(10-16-9-12)15(18)17(2)11-13-6-4-3-5-7-13/h12-14,16H,3-11H2,1-2H3. The van der Waals surface area contributed by atoms with Crippen LogP contribution >= 0.6 is 0 Å². The molecule has 2 fully saturated rings. The smallest absolute Gasteiger partial charge is 0.226 e. The highest BCUT2D eigenvalue weighted by atomic mass is 16.2. The Morgan fingerprint density at radius 2 is 1.94 bits per heavy atom. The molecule has 0 spiro atoms. The molecule has 1 amide bonds. The van der Waals surface area contributed by atoms with Gasteiger partial charge in [-0.15, -0.1) is 0 Å². The summed E-state index contributed by atoms with van der Waals surface area (Å²) in [6.07, 6.45) is 7.79. The van der Waals surface area contributed by atoms with Crippen LogP contribution in [-0.2, 0) is 4.79 Å². The zero-order valence-electron chi connectivity index (χ0n) is 12.0. The van der Waals surface area contributed by atoms with Crippen molar-refractivity contribution in [3.8, 4) is 0 Å². The SMILES string of the molecule is CC1CNCC(C(=O)N(C)CC2CCCCC2)C1. The Balaban J connectivity index is 1.79. The van der Waals surface area contributed by atoms with Gasteiger partial charge in [-0.2, -0.15) is 0 Å². The van der Waals surface area contributed by atoms with E-state index in [9.17, 15) is 4.79 Å². The van der Waals surface area contributed by atoms with E-state index < -0.39 is 0 Å². The number of hydrogen-bond acceptors (Lipinski definition) is 2. The Labute approximate surface area is 111 Å². The van der Waals surface area contributed by atoms with Crippen molar-refractivity contribution >= 4 is 5.91 Å². The minimum absolute atomic E-state index is 0.211. The van der Waals surface area contributed by atoms with Gasteiger partial charge < -0.3 is 10.2 Å². The molecule has 1 saturated carbocycles. The third-order valence-corrected chi connectivity index (χ3v) is 4.55. The third kappa shape index (κ3) is 3.71. The van der Waals surface area contributed by atoms with E-state index in [-0.39, 0.29) is 5.92 Å². The molecule has 1 aliphatic heterocycles. The highest BCUT2D eigenvalue weighted by Crippen LogP contribution is 2.25. The Hall–Kier alpha value is -0.570. The van der Waals surface area contributed by atoms with Gasteiger partial charge >= 0.3 is 0 Å². The van der Waals surface area contributed by atoms with E-state index in [1.165, 1.54) is 32.1 Å². The molecule has 0 bridgehead atoms. The summed E-state index contributed by atoms with van der Waals surface area (Å²) in [7, 11) is 2.00. The lowest BCUT2D eigenvalue weighted by Crippen LogP contribution is -2.45. The van der Waals surface area contributed by atoms with Crippen LogP contribution in [0.1, 0.15) is 45.4 Å². The minimum atomic E-state index is 0.211. The van der Waals surface area contributed by atoms with Crippen molar-refractivity contribution in [2.24, 2.45) is 17.8 Å². The Morgan fingerprint density at radius 3 is 2.61 bits per heavy atom. The van der Waals surface area contributed by atoms with Crippen LogP contribution in [0.3, 0.4) is 0 Å². The van der Waals surface area contributed by atoms with E-state index in [1.54, 1.807) is 0 Å². The van der Waals surface area contributed by atoms with E-state index in [2.05, 4.69) is 12.2 Å². The molecule has 2 unspecified atom stereocenters. The second-order valence-electron chi connectivity index (χ2n) is 6.42. The lowest BCUT2D eigenvalue weighted by Gasteiger charge is -2.32. The van der Waals surface area contributed by atoms with Crippen molar-refractivity contribution in [2.45, 2.75) is 45.4 Å². The van der Waals surface area contributed by atoms with E-state index in [4.69, 9.17) is 0 Å². The summed E-state index contributed by atoms with van der Waals surface area (Å²) in [6.45, 7) is 5.14. The summed E-state index contributed by atoms with van der Waals surface area (Å²) in [4.78, 5) is 14.4. The highest BCUT2D eigenvalue weighted by Gasteiger charge is 2.28. The average molecular weight is 252 g/mol. The van der Waals surface area contributed by atoms with Gasteiger partial charge in [0.2, 0.25) is 5.91 Å². The first-order valence-corrected chi connectivity index (χ1v) is 7.62. The van der Waals surface area contributed by atoms with Gasteiger partial charge in [0.25, 0.3) is 0 Å². The van der Waals surface area contributed by atoms with Crippen LogP contribution in [0.4, 0.5) is 0 Å². The summed E-state index contributed by atoms with van der Waals surface area (Å²) in [5.41, 5.74) is 0. The highest BCUT2D eigenvalue weighted by molar-refractivity contribution is 5.79. The first-order valence-electron chi connectivity index (χ1n) is 7.62. The lowest BCUT2D eigenvalue weighted by molar-refractivity contribution is -0.135. The zero-order chi connectivity index (χ0) is 13.0. The van der Waals surface area contributed by atoms with Crippen molar-refractivity contribution in [1.82, 2.24) is 10.2 Å². The normalized spacial score (nSPS) is 30.1. The molecule has 1 N–H and O–H groups in total. The third-order valence-electron chi connectivity index (χ3n) is 4.55. The molecule has 0 aromatic heterocycles. The predicted octanol–water partition coefficient (Wildman–Crippen LogP) is 2.27. The molecular weight excluding hydrogens is 224 g/mol. The summed E-state index contributed by atoms with van der Waals surface area (Å²) in [5, 5.41) is 3.38. The molecule has 2 aliphatic rings. The summed E-state index contributed by atoms with van der Waals surface area (Å²) in [6, 6.07) is 0. The Morgan fingerprint density at radius 1 is 1.22 bits per heavy atom.